The van der Waals surface area contributed by atoms with Crippen LogP contribution in [0.2, 0.25) is 0 Å². The third kappa shape index (κ3) is 5.09. The van der Waals surface area contributed by atoms with Crippen LogP contribution < -0.4 is 4.74 Å². The highest BCUT2D eigenvalue weighted by atomic mass is 19.4. The number of pyridine rings is 1. The second-order valence-electron chi connectivity index (χ2n) is 7.43. The van der Waals surface area contributed by atoms with E-state index in [2.05, 4.69) is 17.0 Å². The van der Waals surface area contributed by atoms with Gasteiger partial charge in [-0.1, -0.05) is 26.2 Å². The SMILES string of the molecule is CCCCCCOc1ccc(-c2cc(C(F)(F)F)nn2C)c(O)c1-c1cncc(C=N)c1. The van der Waals surface area contributed by atoms with E-state index >= 15 is 0 Å². The number of aryl methyl sites for hydroxylation is 1. The molecule has 0 radical (unpaired) electrons. The number of aromatic nitrogens is 3. The molecule has 3 aromatic rings. The largest absolute Gasteiger partial charge is 0.506 e. The fourth-order valence-corrected chi connectivity index (χ4v) is 3.42. The third-order valence-electron chi connectivity index (χ3n) is 5.06. The molecular formula is C23H25F3N4O2. The zero-order valence-corrected chi connectivity index (χ0v) is 17.9. The van der Waals surface area contributed by atoms with Gasteiger partial charge in [0, 0.05) is 42.3 Å². The summed E-state index contributed by atoms with van der Waals surface area (Å²) in [7, 11) is 1.39. The fourth-order valence-electron chi connectivity index (χ4n) is 3.42. The van der Waals surface area contributed by atoms with Crippen molar-refractivity contribution in [3.05, 3.63) is 47.9 Å². The molecule has 0 bridgehead atoms. The van der Waals surface area contributed by atoms with Crippen LogP contribution in [0.15, 0.2) is 36.7 Å². The Hall–Kier alpha value is -3.36. The molecule has 1 aromatic carbocycles. The van der Waals surface area contributed by atoms with E-state index in [-0.39, 0.29) is 17.0 Å². The molecule has 0 spiro atoms. The number of phenols is 1. The smallest absolute Gasteiger partial charge is 0.435 e. The number of nitrogens with zero attached hydrogens (tertiary/aromatic N) is 3. The van der Waals surface area contributed by atoms with E-state index in [4.69, 9.17) is 10.1 Å². The number of rotatable bonds is 9. The number of hydrogen-bond acceptors (Lipinski definition) is 5. The summed E-state index contributed by atoms with van der Waals surface area (Å²) in [6, 6.07) is 5.70. The predicted molar refractivity (Wildman–Crippen MR) is 116 cm³/mol. The first kappa shape index (κ1) is 23.3. The van der Waals surface area contributed by atoms with Crippen molar-refractivity contribution in [1.29, 1.82) is 5.41 Å². The summed E-state index contributed by atoms with van der Waals surface area (Å²) >= 11 is 0. The summed E-state index contributed by atoms with van der Waals surface area (Å²) in [6.45, 7) is 2.55. The second-order valence-corrected chi connectivity index (χ2v) is 7.43. The topological polar surface area (TPSA) is 84.0 Å². The normalized spacial score (nSPS) is 11.5. The Bertz CT molecular complexity index is 1090. The summed E-state index contributed by atoms with van der Waals surface area (Å²) in [5, 5.41) is 22.1. The number of nitrogens with one attached hydrogen (secondary N) is 1. The van der Waals surface area contributed by atoms with Gasteiger partial charge in [0.05, 0.1) is 17.9 Å². The average molecular weight is 446 g/mol. The van der Waals surface area contributed by atoms with E-state index in [0.717, 1.165) is 42.6 Å². The molecule has 2 aromatic heterocycles. The van der Waals surface area contributed by atoms with Gasteiger partial charge < -0.3 is 15.3 Å². The van der Waals surface area contributed by atoms with E-state index in [1.807, 2.05) is 0 Å². The van der Waals surface area contributed by atoms with Crippen LogP contribution in [0.4, 0.5) is 13.2 Å². The van der Waals surface area contributed by atoms with Crippen LogP contribution in [0.3, 0.4) is 0 Å². The van der Waals surface area contributed by atoms with E-state index in [9.17, 15) is 18.3 Å². The Morgan fingerprint density at radius 2 is 1.94 bits per heavy atom. The summed E-state index contributed by atoms with van der Waals surface area (Å²) in [4.78, 5) is 4.11. The molecule has 0 amide bonds. The third-order valence-corrected chi connectivity index (χ3v) is 5.06. The predicted octanol–water partition coefficient (Wildman–Crippen LogP) is 5.83. The van der Waals surface area contributed by atoms with Crippen molar-refractivity contribution in [1.82, 2.24) is 14.8 Å². The van der Waals surface area contributed by atoms with E-state index in [1.54, 1.807) is 12.1 Å². The summed E-state index contributed by atoms with van der Waals surface area (Å²) in [6.07, 6.45) is 3.57. The van der Waals surface area contributed by atoms with Crippen LogP contribution >= 0.6 is 0 Å². The number of aromatic hydroxyl groups is 1. The maximum Gasteiger partial charge on any atom is 0.435 e. The van der Waals surface area contributed by atoms with Crippen LogP contribution in [0, 0.1) is 5.41 Å². The molecule has 0 unspecified atom stereocenters. The molecule has 0 aliphatic rings. The van der Waals surface area contributed by atoms with Gasteiger partial charge in [-0.3, -0.25) is 9.67 Å². The fraction of sp³-hybridized carbons (Fsp3) is 0.348. The molecule has 170 valence electrons. The quantitative estimate of drug-likeness (QED) is 0.320. The van der Waals surface area contributed by atoms with Crippen molar-refractivity contribution >= 4 is 6.21 Å². The van der Waals surface area contributed by atoms with Gasteiger partial charge in [0.1, 0.15) is 11.5 Å². The van der Waals surface area contributed by atoms with Crippen LogP contribution in [-0.4, -0.2) is 32.7 Å². The highest BCUT2D eigenvalue weighted by Gasteiger charge is 2.35. The van der Waals surface area contributed by atoms with Crippen molar-refractivity contribution in [2.45, 2.75) is 38.8 Å². The first-order valence-corrected chi connectivity index (χ1v) is 10.3. The number of ether oxygens (including phenoxy) is 1. The molecule has 0 saturated carbocycles. The number of halogens is 3. The molecule has 0 saturated heterocycles. The van der Waals surface area contributed by atoms with Gasteiger partial charge >= 0.3 is 6.18 Å². The lowest BCUT2D eigenvalue weighted by Crippen LogP contribution is -2.06. The molecule has 0 aliphatic carbocycles. The van der Waals surface area contributed by atoms with Gasteiger partial charge in [-0.05, 0) is 30.7 Å². The van der Waals surface area contributed by atoms with E-state index < -0.39 is 11.9 Å². The standard InChI is InChI=1S/C23H25F3N4O2/c1-3-4-5-6-9-32-19-8-7-17(18-11-20(23(24,25)26)29-30(18)2)22(31)21(19)16-10-15(12-27)13-28-14-16/h7-8,10-14,27,31H,3-6,9H2,1-2H3. The van der Waals surface area contributed by atoms with Crippen LogP contribution in [0.1, 0.15) is 43.9 Å². The van der Waals surface area contributed by atoms with Crippen molar-refractivity contribution in [3.63, 3.8) is 0 Å². The highest BCUT2D eigenvalue weighted by molar-refractivity contribution is 5.87. The summed E-state index contributed by atoms with van der Waals surface area (Å²) in [5.41, 5.74) is 0.572. The summed E-state index contributed by atoms with van der Waals surface area (Å²) < 4.78 is 46.4. The first-order valence-electron chi connectivity index (χ1n) is 10.3. The maximum absolute atomic E-state index is 13.1. The van der Waals surface area contributed by atoms with Gasteiger partial charge in [0.2, 0.25) is 0 Å². The molecule has 0 fully saturated rings. The van der Waals surface area contributed by atoms with E-state index in [1.165, 1.54) is 25.5 Å². The lowest BCUT2D eigenvalue weighted by Gasteiger charge is -2.16. The molecule has 2 heterocycles. The molecule has 3 rings (SSSR count). The molecule has 0 aliphatic heterocycles. The number of unbranched alkanes of at least 4 members (excludes halogenated alkanes) is 3. The van der Waals surface area contributed by atoms with Crippen molar-refractivity contribution in [2.75, 3.05) is 6.61 Å². The Balaban J connectivity index is 2.08. The second kappa shape index (κ2) is 9.84. The van der Waals surface area contributed by atoms with Crippen molar-refractivity contribution < 1.29 is 23.0 Å². The van der Waals surface area contributed by atoms with Crippen molar-refractivity contribution in [2.24, 2.45) is 7.05 Å². The highest BCUT2D eigenvalue weighted by Crippen LogP contribution is 2.45. The lowest BCUT2D eigenvalue weighted by molar-refractivity contribution is -0.141. The maximum atomic E-state index is 13.1. The van der Waals surface area contributed by atoms with Gasteiger partial charge in [0.25, 0.3) is 0 Å². The Labute approximate surface area is 184 Å². The minimum Gasteiger partial charge on any atom is -0.506 e. The minimum absolute atomic E-state index is 0.113. The Morgan fingerprint density at radius 1 is 1.16 bits per heavy atom. The number of benzene rings is 1. The zero-order chi connectivity index (χ0) is 23.3. The Morgan fingerprint density at radius 3 is 2.59 bits per heavy atom. The lowest BCUT2D eigenvalue weighted by atomic mass is 9.98. The van der Waals surface area contributed by atoms with Gasteiger partial charge in [-0.15, -0.1) is 0 Å². The molecule has 32 heavy (non-hydrogen) atoms. The number of alkyl halides is 3. The average Bonchev–Trinajstić information content (AvgIpc) is 3.15. The van der Waals surface area contributed by atoms with Gasteiger partial charge in [-0.25, -0.2) is 0 Å². The minimum atomic E-state index is -4.60. The van der Waals surface area contributed by atoms with Crippen LogP contribution in [-0.2, 0) is 13.2 Å². The van der Waals surface area contributed by atoms with E-state index in [0.29, 0.717) is 29.0 Å². The Kier molecular flexibility index (Phi) is 7.17. The first-order chi connectivity index (χ1) is 15.3. The van der Waals surface area contributed by atoms with Crippen LogP contribution in [0.25, 0.3) is 22.4 Å². The monoisotopic (exact) mass is 446 g/mol. The van der Waals surface area contributed by atoms with Crippen LogP contribution in [0.5, 0.6) is 11.5 Å². The summed E-state index contributed by atoms with van der Waals surface area (Å²) in [5.74, 6) is 0.154. The number of hydrogen-bond donors (Lipinski definition) is 2. The molecule has 9 heteroatoms. The zero-order valence-electron chi connectivity index (χ0n) is 17.9. The molecule has 0 atom stereocenters. The number of phenolic OH excluding ortho intramolecular Hbond substituents is 1. The molecule has 2 N–H and O–H groups in total. The van der Waals surface area contributed by atoms with Crippen molar-refractivity contribution in [3.8, 4) is 33.9 Å². The van der Waals surface area contributed by atoms with Gasteiger partial charge in [-0.2, -0.15) is 18.3 Å². The molecular weight excluding hydrogens is 421 g/mol. The molecule has 6 nitrogen and oxygen atoms in total. The van der Waals surface area contributed by atoms with Gasteiger partial charge in [0.15, 0.2) is 5.69 Å².